The number of rotatable bonds is 8. The zero-order valence-corrected chi connectivity index (χ0v) is 17.8. The highest BCUT2D eigenvalue weighted by atomic mass is 16.5. The van der Waals surface area contributed by atoms with Crippen LogP contribution in [0.5, 0.6) is 5.75 Å². The van der Waals surface area contributed by atoms with E-state index in [1.54, 1.807) is 19.4 Å². The van der Waals surface area contributed by atoms with E-state index in [2.05, 4.69) is 51.5 Å². The number of hydrogen-bond donors (Lipinski definition) is 1. The number of ether oxygens (including phenoxy) is 1. The fraction of sp³-hybridized carbons (Fsp3) is 0.333. The Bertz CT molecular complexity index is 869. The number of nitrogens with one attached hydrogen (secondary N) is 1. The van der Waals surface area contributed by atoms with E-state index in [1.807, 2.05) is 30.3 Å². The molecule has 6 heteroatoms. The summed E-state index contributed by atoms with van der Waals surface area (Å²) < 4.78 is 5.30. The molecular weight excluding hydrogens is 376 g/mol. The van der Waals surface area contributed by atoms with Crippen molar-refractivity contribution in [2.45, 2.75) is 13.5 Å². The van der Waals surface area contributed by atoms with Gasteiger partial charge in [0.25, 0.3) is 5.91 Å². The van der Waals surface area contributed by atoms with Gasteiger partial charge < -0.3 is 4.74 Å². The van der Waals surface area contributed by atoms with Crippen LogP contribution in [0.1, 0.15) is 16.7 Å². The molecule has 30 heavy (non-hydrogen) atoms. The van der Waals surface area contributed by atoms with Crippen LogP contribution >= 0.6 is 0 Å². The van der Waals surface area contributed by atoms with Crippen LogP contribution in [0, 0.1) is 6.92 Å². The number of methoxy groups -OCH3 is 1. The number of piperazine rings is 1. The first-order valence-corrected chi connectivity index (χ1v) is 10.3. The van der Waals surface area contributed by atoms with Crippen molar-refractivity contribution in [1.82, 2.24) is 15.2 Å². The number of allylic oxidation sites excluding steroid dienone is 1. The van der Waals surface area contributed by atoms with Gasteiger partial charge in [-0.05, 0) is 30.7 Å². The topological polar surface area (TPSA) is 57.2 Å². The fourth-order valence-electron chi connectivity index (χ4n) is 3.40. The van der Waals surface area contributed by atoms with Crippen LogP contribution < -0.4 is 10.2 Å². The van der Waals surface area contributed by atoms with E-state index in [1.165, 1.54) is 11.1 Å². The van der Waals surface area contributed by atoms with Crippen molar-refractivity contribution < 1.29 is 9.53 Å². The number of carbonyl (C=O) groups is 1. The molecule has 158 valence electrons. The van der Waals surface area contributed by atoms with E-state index >= 15 is 0 Å². The number of carbonyl (C=O) groups excluding carboxylic acids is 1. The second-order valence-electron chi connectivity index (χ2n) is 7.45. The summed E-state index contributed by atoms with van der Waals surface area (Å²) in [6, 6.07) is 16.4. The van der Waals surface area contributed by atoms with Crippen LogP contribution in [-0.4, -0.2) is 61.8 Å². The molecule has 0 aromatic heterocycles. The number of benzene rings is 2. The van der Waals surface area contributed by atoms with E-state index in [-0.39, 0.29) is 5.91 Å². The molecule has 1 aliphatic rings. The molecule has 1 fully saturated rings. The Balaban J connectivity index is 1.36. The van der Waals surface area contributed by atoms with Gasteiger partial charge in [-0.25, -0.2) is 5.43 Å². The second-order valence-corrected chi connectivity index (χ2v) is 7.45. The Hall–Kier alpha value is -2.96. The van der Waals surface area contributed by atoms with Gasteiger partial charge in [0.2, 0.25) is 0 Å². The molecule has 0 radical (unpaired) electrons. The van der Waals surface area contributed by atoms with E-state index in [0.29, 0.717) is 6.54 Å². The Morgan fingerprint density at radius 2 is 1.77 bits per heavy atom. The third kappa shape index (κ3) is 6.83. The molecule has 1 heterocycles. The first-order valence-electron chi connectivity index (χ1n) is 10.3. The van der Waals surface area contributed by atoms with Crippen LogP contribution in [-0.2, 0) is 11.3 Å². The Morgan fingerprint density at radius 3 is 2.50 bits per heavy atom. The zero-order valence-electron chi connectivity index (χ0n) is 17.8. The highest BCUT2D eigenvalue weighted by Gasteiger charge is 2.18. The molecule has 1 N–H and O–H groups in total. The first-order chi connectivity index (χ1) is 14.6. The average Bonchev–Trinajstić information content (AvgIpc) is 2.77. The normalized spacial score (nSPS) is 15.7. The molecule has 0 aliphatic carbocycles. The van der Waals surface area contributed by atoms with Crippen molar-refractivity contribution in [3.63, 3.8) is 0 Å². The first kappa shape index (κ1) is 21.7. The number of nitrogens with zero attached hydrogens (tertiary/aromatic N) is 3. The molecule has 0 atom stereocenters. The van der Waals surface area contributed by atoms with Crippen molar-refractivity contribution >= 4 is 18.2 Å². The smallest absolute Gasteiger partial charge is 0.254 e. The monoisotopic (exact) mass is 406 g/mol. The Labute approximate surface area is 178 Å². The third-order valence-corrected chi connectivity index (χ3v) is 5.12. The molecular formula is C24H30N4O2. The Morgan fingerprint density at radius 1 is 1.07 bits per heavy atom. The number of para-hydroxylation sites is 1. The molecule has 1 saturated heterocycles. The second kappa shape index (κ2) is 11.3. The van der Waals surface area contributed by atoms with Crippen molar-refractivity contribution in [2.75, 3.05) is 39.8 Å². The largest absolute Gasteiger partial charge is 0.496 e. The lowest BCUT2D eigenvalue weighted by Gasteiger charge is -2.34. The minimum Gasteiger partial charge on any atom is -0.496 e. The molecule has 0 unspecified atom stereocenters. The lowest BCUT2D eigenvalue weighted by molar-refractivity contribution is -0.122. The highest BCUT2D eigenvalue weighted by Crippen LogP contribution is 2.18. The number of hydrogen-bond acceptors (Lipinski definition) is 5. The van der Waals surface area contributed by atoms with Crippen LogP contribution in [0.4, 0.5) is 0 Å². The van der Waals surface area contributed by atoms with Gasteiger partial charge in [-0.1, -0.05) is 48.0 Å². The van der Waals surface area contributed by atoms with Gasteiger partial charge in [0, 0.05) is 44.5 Å². The lowest BCUT2D eigenvalue weighted by atomic mass is 10.1. The summed E-state index contributed by atoms with van der Waals surface area (Å²) in [6.45, 7) is 7.13. The molecule has 0 bridgehead atoms. The summed E-state index contributed by atoms with van der Waals surface area (Å²) >= 11 is 0. The average molecular weight is 407 g/mol. The zero-order chi connectivity index (χ0) is 21.2. The van der Waals surface area contributed by atoms with E-state index < -0.39 is 0 Å². The Kier molecular flexibility index (Phi) is 8.18. The molecule has 2 aromatic rings. The van der Waals surface area contributed by atoms with E-state index in [0.717, 1.165) is 44.0 Å². The molecule has 2 aromatic carbocycles. The van der Waals surface area contributed by atoms with Gasteiger partial charge in [-0.15, -0.1) is 0 Å². The van der Waals surface area contributed by atoms with Gasteiger partial charge in [0.05, 0.1) is 13.7 Å². The van der Waals surface area contributed by atoms with Gasteiger partial charge in [-0.3, -0.25) is 14.6 Å². The predicted octanol–water partition coefficient (Wildman–Crippen LogP) is 2.94. The van der Waals surface area contributed by atoms with Crippen LogP contribution in [0.3, 0.4) is 0 Å². The lowest BCUT2D eigenvalue weighted by Crippen LogP contribution is -2.48. The van der Waals surface area contributed by atoms with Gasteiger partial charge in [0.1, 0.15) is 5.75 Å². The quantitative estimate of drug-likeness (QED) is 0.541. The third-order valence-electron chi connectivity index (χ3n) is 5.12. The van der Waals surface area contributed by atoms with E-state index in [9.17, 15) is 4.79 Å². The minimum absolute atomic E-state index is 0.0936. The fourth-order valence-corrected chi connectivity index (χ4v) is 3.40. The van der Waals surface area contributed by atoms with Crippen molar-refractivity contribution in [3.8, 4) is 5.75 Å². The maximum Gasteiger partial charge on any atom is 0.254 e. The van der Waals surface area contributed by atoms with Crippen molar-refractivity contribution in [1.29, 1.82) is 0 Å². The number of aryl methyl sites for hydroxylation is 1. The summed E-state index contributed by atoms with van der Waals surface area (Å²) in [5.41, 5.74) is 6.17. The van der Waals surface area contributed by atoms with E-state index in [4.69, 9.17) is 4.74 Å². The van der Waals surface area contributed by atoms with Crippen molar-refractivity contribution in [2.24, 2.45) is 5.10 Å². The summed E-state index contributed by atoms with van der Waals surface area (Å²) in [5.74, 6) is 0.705. The van der Waals surface area contributed by atoms with Gasteiger partial charge in [0.15, 0.2) is 0 Å². The van der Waals surface area contributed by atoms with Crippen LogP contribution in [0.15, 0.2) is 59.7 Å². The SMILES string of the molecule is COc1ccccc1/C=C\C=N\NC(=O)CN1CCN(Cc2ccc(C)cc2)CC1. The van der Waals surface area contributed by atoms with Crippen LogP contribution in [0.25, 0.3) is 6.08 Å². The molecule has 1 aliphatic heterocycles. The predicted molar refractivity (Wildman–Crippen MR) is 122 cm³/mol. The van der Waals surface area contributed by atoms with Crippen molar-refractivity contribution in [3.05, 3.63) is 71.3 Å². The molecule has 6 nitrogen and oxygen atoms in total. The van der Waals surface area contributed by atoms with Gasteiger partial charge >= 0.3 is 0 Å². The summed E-state index contributed by atoms with van der Waals surface area (Å²) in [6.07, 6.45) is 5.24. The summed E-state index contributed by atoms with van der Waals surface area (Å²) in [5, 5.41) is 4.00. The molecule has 0 saturated carbocycles. The van der Waals surface area contributed by atoms with Crippen LogP contribution in [0.2, 0.25) is 0 Å². The number of hydrazone groups is 1. The molecule has 1 amide bonds. The summed E-state index contributed by atoms with van der Waals surface area (Å²) in [7, 11) is 1.64. The number of amides is 1. The standard InChI is InChI=1S/C24H30N4O2/c1-20-9-11-21(12-10-20)18-27-14-16-28(17-15-27)19-24(29)26-25-13-5-7-22-6-3-4-8-23(22)30-2/h3-13H,14-19H2,1-2H3,(H,26,29)/b7-5-,25-13+. The van der Waals surface area contributed by atoms with Gasteiger partial charge in [-0.2, -0.15) is 5.10 Å². The maximum atomic E-state index is 12.1. The summed E-state index contributed by atoms with van der Waals surface area (Å²) in [4.78, 5) is 16.7. The minimum atomic E-state index is -0.0936. The maximum absolute atomic E-state index is 12.1. The highest BCUT2D eigenvalue weighted by molar-refractivity contribution is 5.82. The molecule has 3 rings (SSSR count). The molecule has 0 spiro atoms.